The molecule has 4 saturated carbocycles. The first-order valence-electron chi connectivity index (χ1n) is 10.9. The number of aromatic nitrogens is 4. The van der Waals surface area contributed by atoms with Crippen LogP contribution >= 0.6 is 0 Å². The Bertz CT molecular complexity index is 993. The molecule has 6 rings (SSSR count). The Hall–Kier alpha value is -2.71. The van der Waals surface area contributed by atoms with Gasteiger partial charge in [0.2, 0.25) is 17.8 Å². The van der Waals surface area contributed by atoms with Crippen LogP contribution in [0.3, 0.4) is 0 Å². The third kappa shape index (κ3) is 3.40. The number of hydrogen-bond acceptors (Lipinski definition) is 6. The molecular weight excluding hydrogens is 382 g/mol. The van der Waals surface area contributed by atoms with Crippen LogP contribution in [0.15, 0.2) is 0 Å². The fraction of sp³-hybridized carbons (Fsp3) is 0.667. The van der Waals surface area contributed by atoms with E-state index in [1.54, 1.807) is 0 Å². The Kier molecular flexibility index (Phi) is 4.44. The Labute approximate surface area is 175 Å². The second-order valence-electron chi connectivity index (χ2n) is 9.81. The van der Waals surface area contributed by atoms with E-state index in [2.05, 4.69) is 25.9 Å². The lowest BCUT2D eigenvalue weighted by atomic mass is 9.49. The van der Waals surface area contributed by atoms with E-state index >= 15 is 0 Å². The smallest absolute Gasteiger partial charge is 0.254 e. The minimum absolute atomic E-state index is 0.0867. The van der Waals surface area contributed by atoms with E-state index in [1.165, 1.54) is 43.0 Å². The molecule has 0 aromatic carbocycles. The zero-order chi connectivity index (χ0) is 21.0. The van der Waals surface area contributed by atoms with Crippen LogP contribution in [0.1, 0.15) is 61.9 Å². The van der Waals surface area contributed by atoms with Gasteiger partial charge in [-0.25, -0.2) is 4.98 Å². The molecule has 9 heteroatoms. The van der Waals surface area contributed by atoms with E-state index in [4.69, 9.17) is 5.73 Å². The quantitative estimate of drug-likeness (QED) is 0.656. The second-order valence-corrected chi connectivity index (χ2v) is 9.81. The van der Waals surface area contributed by atoms with Crippen LogP contribution in [-0.2, 0) is 16.0 Å². The number of nitrogens with two attached hydrogens (primary N) is 1. The monoisotopic (exact) mass is 411 g/mol. The number of aryl methyl sites for hydroxylation is 2. The zero-order valence-corrected chi connectivity index (χ0v) is 17.6. The number of rotatable bonds is 4. The van der Waals surface area contributed by atoms with Gasteiger partial charge in [-0.05, 0) is 75.5 Å². The highest BCUT2D eigenvalue weighted by Crippen LogP contribution is 2.61. The summed E-state index contributed by atoms with van der Waals surface area (Å²) in [6.45, 7) is 3.68. The summed E-state index contributed by atoms with van der Waals surface area (Å²) in [7, 11) is 0. The molecule has 0 radical (unpaired) electrons. The largest absolute Gasteiger partial charge is 0.366 e. The molecule has 9 nitrogen and oxygen atoms in total. The van der Waals surface area contributed by atoms with Gasteiger partial charge in [0, 0.05) is 23.4 Å². The molecule has 0 spiro atoms. The van der Waals surface area contributed by atoms with E-state index in [1.807, 2.05) is 13.8 Å². The molecule has 160 valence electrons. The molecule has 2 aromatic heterocycles. The van der Waals surface area contributed by atoms with Gasteiger partial charge in [0.15, 0.2) is 0 Å². The van der Waals surface area contributed by atoms with Gasteiger partial charge in [-0.3, -0.25) is 20.4 Å². The first-order chi connectivity index (χ1) is 14.3. The number of anilines is 1. The summed E-state index contributed by atoms with van der Waals surface area (Å²) in [6.07, 6.45) is 8.19. The molecule has 0 unspecified atom stereocenters. The maximum Gasteiger partial charge on any atom is 0.254 e. The number of nitrogens with one attached hydrogen (secondary N) is 2. The predicted molar refractivity (Wildman–Crippen MR) is 110 cm³/mol. The average Bonchev–Trinajstić information content (AvgIpc) is 3.02. The maximum atomic E-state index is 12.6. The van der Waals surface area contributed by atoms with Crippen molar-refractivity contribution in [2.75, 3.05) is 5.73 Å². The van der Waals surface area contributed by atoms with Gasteiger partial charge in [0.05, 0.1) is 6.42 Å². The number of carbonyl (C=O) groups excluding carboxylic acids is 2. The third-order valence-electron chi connectivity index (χ3n) is 7.44. The van der Waals surface area contributed by atoms with Crippen LogP contribution in [0.2, 0.25) is 0 Å². The van der Waals surface area contributed by atoms with Crippen molar-refractivity contribution < 1.29 is 9.59 Å². The Balaban J connectivity index is 1.20. The molecule has 2 amide bonds. The van der Waals surface area contributed by atoms with Gasteiger partial charge < -0.3 is 5.73 Å². The number of hydrogen-bond donors (Lipinski definition) is 3. The van der Waals surface area contributed by atoms with Gasteiger partial charge in [-0.1, -0.05) is 0 Å². The van der Waals surface area contributed by atoms with Crippen molar-refractivity contribution in [3.05, 3.63) is 17.0 Å². The summed E-state index contributed by atoms with van der Waals surface area (Å²) >= 11 is 0. The van der Waals surface area contributed by atoms with Gasteiger partial charge in [0.25, 0.3) is 5.78 Å². The number of nitrogens with zero attached hydrogens (tertiary/aromatic N) is 4. The second kappa shape index (κ2) is 6.92. The van der Waals surface area contributed by atoms with Crippen LogP contribution in [0.4, 0.5) is 5.95 Å². The average molecular weight is 412 g/mol. The Morgan fingerprint density at radius 1 is 1.03 bits per heavy atom. The SMILES string of the molecule is Cc1nc2nc(N)nn2c(C)c1CC(=O)NNC(=O)CC12CC3CC(CC(C3)C1)C2. The first-order valence-corrected chi connectivity index (χ1v) is 10.9. The van der Waals surface area contributed by atoms with E-state index in [9.17, 15) is 9.59 Å². The zero-order valence-electron chi connectivity index (χ0n) is 17.6. The topological polar surface area (TPSA) is 127 Å². The summed E-state index contributed by atoms with van der Waals surface area (Å²) in [5.74, 6) is 2.60. The van der Waals surface area contributed by atoms with Crippen LogP contribution in [0, 0.1) is 37.0 Å². The van der Waals surface area contributed by atoms with E-state index in [0.717, 1.165) is 29.0 Å². The van der Waals surface area contributed by atoms with Crippen LogP contribution < -0.4 is 16.6 Å². The first kappa shape index (κ1) is 19.3. The van der Waals surface area contributed by atoms with Crippen molar-refractivity contribution in [2.24, 2.45) is 23.2 Å². The fourth-order valence-electron chi connectivity index (χ4n) is 6.72. The van der Waals surface area contributed by atoms with E-state index in [0.29, 0.717) is 17.9 Å². The molecule has 30 heavy (non-hydrogen) atoms. The number of fused-ring (bicyclic) bond motifs is 1. The lowest BCUT2D eigenvalue weighted by Gasteiger charge is -2.56. The molecule has 0 aliphatic heterocycles. The fourth-order valence-corrected chi connectivity index (χ4v) is 6.72. The molecule has 0 atom stereocenters. The predicted octanol–water partition coefficient (Wildman–Crippen LogP) is 1.62. The van der Waals surface area contributed by atoms with Gasteiger partial charge in [-0.15, -0.1) is 5.10 Å². The highest BCUT2D eigenvalue weighted by Gasteiger charge is 2.51. The highest BCUT2D eigenvalue weighted by atomic mass is 16.2. The third-order valence-corrected chi connectivity index (χ3v) is 7.44. The number of amides is 2. The lowest BCUT2D eigenvalue weighted by Crippen LogP contribution is -2.50. The molecule has 2 aromatic rings. The van der Waals surface area contributed by atoms with Crippen LogP contribution in [0.5, 0.6) is 0 Å². The number of hydrazine groups is 1. The molecule has 4 aliphatic carbocycles. The highest BCUT2D eigenvalue weighted by molar-refractivity contribution is 5.83. The van der Waals surface area contributed by atoms with Crippen molar-refractivity contribution in [1.82, 2.24) is 30.4 Å². The maximum absolute atomic E-state index is 12.6. The van der Waals surface area contributed by atoms with Crippen molar-refractivity contribution >= 4 is 23.5 Å². The van der Waals surface area contributed by atoms with Gasteiger partial charge >= 0.3 is 0 Å². The molecule has 0 saturated heterocycles. The van der Waals surface area contributed by atoms with E-state index < -0.39 is 0 Å². The standard InChI is InChI=1S/C21H29N7O2/c1-11-16(12(2)28-20(23-11)24-19(22)27-28)6-17(29)25-26-18(30)10-21-7-13-3-14(8-21)5-15(4-13)9-21/h13-15H,3-10H2,1-2H3,(H2,22,27)(H,25,29)(H,26,30). The number of nitrogen functional groups attached to an aromatic ring is 1. The Morgan fingerprint density at radius 2 is 1.63 bits per heavy atom. The molecular formula is C21H29N7O2. The molecule has 4 aliphatic rings. The molecule has 4 fully saturated rings. The molecule has 4 N–H and O–H groups in total. The Morgan fingerprint density at radius 3 is 2.27 bits per heavy atom. The minimum Gasteiger partial charge on any atom is -0.366 e. The number of carbonyl (C=O) groups is 2. The van der Waals surface area contributed by atoms with Gasteiger partial charge in [0.1, 0.15) is 0 Å². The van der Waals surface area contributed by atoms with Crippen molar-refractivity contribution in [3.8, 4) is 0 Å². The van der Waals surface area contributed by atoms with Crippen LogP contribution in [-0.4, -0.2) is 31.4 Å². The van der Waals surface area contributed by atoms with Crippen LogP contribution in [0.25, 0.3) is 5.78 Å². The normalized spacial score (nSPS) is 29.3. The molecule has 4 bridgehead atoms. The molecule has 2 heterocycles. The minimum atomic E-state index is -0.283. The summed E-state index contributed by atoms with van der Waals surface area (Å²) in [5.41, 5.74) is 13.2. The van der Waals surface area contributed by atoms with Gasteiger partial charge in [-0.2, -0.15) is 9.50 Å². The summed E-state index contributed by atoms with van der Waals surface area (Å²) in [4.78, 5) is 33.6. The summed E-state index contributed by atoms with van der Waals surface area (Å²) < 4.78 is 1.54. The van der Waals surface area contributed by atoms with Crippen molar-refractivity contribution in [2.45, 2.75) is 65.2 Å². The van der Waals surface area contributed by atoms with Crippen molar-refractivity contribution in [1.29, 1.82) is 0 Å². The lowest BCUT2D eigenvalue weighted by molar-refractivity contribution is -0.134. The summed E-state index contributed by atoms with van der Waals surface area (Å²) in [6, 6.07) is 0. The van der Waals surface area contributed by atoms with E-state index in [-0.39, 0.29) is 29.6 Å². The van der Waals surface area contributed by atoms with Crippen molar-refractivity contribution in [3.63, 3.8) is 0 Å². The summed E-state index contributed by atoms with van der Waals surface area (Å²) in [5, 5.41) is 4.12.